The second-order valence-corrected chi connectivity index (χ2v) is 2.69. The molecule has 1 fully saturated rings. The average Bonchev–Trinajstić information content (AvgIpc) is 2.31. The summed E-state index contributed by atoms with van der Waals surface area (Å²) in [6, 6.07) is 0. The van der Waals surface area contributed by atoms with Gasteiger partial charge in [0.2, 0.25) is 0 Å². The maximum Gasteiger partial charge on any atom is 0.410 e. The van der Waals surface area contributed by atoms with Crippen molar-refractivity contribution in [1.29, 1.82) is 0 Å². The highest BCUT2D eigenvalue weighted by atomic mass is 16.6. The first-order valence-corrected chi connectivity index (χ1v) is 3.80. The summed E-state index contributed by atoms with van der Waals surface area (Å²) in [4.78, 5) is 22.4. The molecule has 0 radical (unpaired) electrons. The minimum atomic E-state index is -1.01. The van der Waals surface area contributed by atoms with E-state index in [1.807, 2.05) is 6.92 Å². The molecular formula is C7H11NO4. The number of carboxylic acids is 1. The molecule has 5 heteroatoms. The SMILES string of the molecule is CCC1CN(CC(=O)O)C(=O)O1. The average molecular weight is 173 g/mol. The molecule has 0 aromatic carbocycles. The molecule has 1 aliphatic rings. The van der Waals surface area contributed by atoms with Gasteiger partial charge in [0.1, 0.15) is 12.6 Å². The van der Waals surface area contributed by atoms with E-state index >= 15 is 0 Å². The lowest BCUT2D eigenvalue weighted by molar-refractivity contribution is -0.137. The van der Waals surface area contributed by atoms with Gasteiger partial charge in [-0.05, 0) is 6.42 Å². The number of amides is 1. The lowest BCUT2D eigenvalue weighted by Crippen LogP contribution is -2.30. The maximum absolute atomic E-state index is 10.9. The van der Waals surface area contributed by atoms with Gasteiger partial charge < -0.3 is 9.84 Å². The van der Waals surface area contributed by atoms with Gasteiger partial charge in [0.15, 0.2) is 0 Å². The van der Waals surface area contributed by atoms with Crippen LogP contribution in [-0.2, 0) is 9.53 Å². The van der Waals surface area contributed by atoms with E-state index in [1.54, 1.807) is 0 Å². The van der Waals surface area contributed by atoms with Gasteiger partial charge in [-0.25, -0.2) is 4.79 Å². The van der Waals surface area contributed by atoms with E-state index in [2.05, 4.69) is 0 Å². The fourth-order valence-corrected chi connectivity index (χ4v) is 1.08. The molecule has 0 saturated carbocycles. The quantitative estimate of drug-likeness (QED) is 0.666. The van der Waals surface area contributed by atoms with E-state index in [0.29, 0.717) is 6.54 Å². The van der Waals surface area contributed by atoms with Gasteiger partial charge in [-0.15, -0.1) is 0 Å². The highest BCUT2D eigenvalue weighted by Crippen LogP contribution is 2.12. The fourth-order valence-electron chi connectivity index (χ4n) is 1.08. The van der Waals surface area contributed by atoms with Crippen molar-refractivity contribution >= 4 is 12.1 Å². The summed E-state index contributed by atoms with van der Waals surface area (Å²) in [5, 5.41) is 8.40. The number of cyclic esters (lactones) is 1. The van der Waals surface area contributed by atoms with Crippen LogP contribution in [-0.4, -0.2) is 41.3 Å². The predicted molar refractivity (Wildman–Crippen MR) is 39.8 cm³/mol. The van der Waals surface area contributed by atoms with Crippen LogP contribution in [0.2, 0.25) is 0 Å². The number of hydrogen-bond donors (Lipinski definition) is 1. The van der Waals surface area contributed by atoms with Crippen molar-refractivity contribution in [3.63, 3.8) is 0 Å². The summed E-state index contributed by atoms with van der Waals surface area (Å²) in [5.41, 5.74) is 0. The van der Waals surface area contributed by atoms with Gasteiger partial charge in [-0.3, -0.25) is 9.69 Å². The zero-order chi connectivity index (χ0) is 9.14. The first-order valence-electron chi connectivity index (χ1n) is 3.80. The third kappa shape index (κ3) is 1.87. The monoisotopic (exact) mass is 173 g/mol. The number of rotatable bonds is 3. The number of carbonyl (C=O) groups excluding carboxylic acids is 1. The van der Waals surface area contributed by atoms with Crippen molar-refractivity contribution in [2.24, 2.45) is 0 Å². The zero-order valence-corrected chi connectivity index (χ0v) is 6.82. The van der Waals surface area contributed by atoms with Crippen molar-refractivity contribution < 1.29 is 19.4 Å². The minimum absolute atomic E-state index is 0.142. The lowest BCUT2D eigenvalue weighted by atomic mass is 10.3. The van der Waals surface area contributed by atoms with Gasteiger partial charge >= 0.3 is 12.1 Å². The molecule has 0 aromatic rings. The highest BCUT2D eigenvalue weighted by Gasteiger charge is 2.30. The molecule has 1 aliphatic heterocycles. The number of carbonyl (C=O) groups is 2. The summed E-state index contributed by atoms with van der Waals surface area (Å²) in [7, 11) is 0. The molecule has 0 aliphatic carbocycles. The van der Waals surface area contributed by atoms with Crippen molar-refractivity contribution in [2.45, 2.75) is 19.4 Å². The smallest absolute Gasteiger partial charge is 0.410 e. The van der Waals surface area contributed by atoms with Crippen molar-refractivity contribution in [2.75, 3.05) is 13.1 Å². The molecule has 1 atom stereocenters. The largest absolute Gasteiger partial charge is 0.480 e. The number of aliphatic carboxylic acids is 1. The Morgan fingerprint density at radius 1 is 1.83 bits per heavy atom. The molecule has 68 valence electrons. The lowest BCUT2D eigenvalue weighted by Gasteiger charge is -2.07. The van der Waals surface area contributed by atoms with E-state index in [-0.39, 0.29) is 12.6 Å². The van der Waals surface area contributed by atoms with Gasteiger partial charge in [0.05, 0.1) is 6.54 Å². The molecule has 1 amide bonds. The van der Waals surface area contributed by atoms with Crippen LogP contribution in [0.25, 0.3) is 0 Å². The Kier molecular flexibility index (Phi) is 2.52. The van der Waals surface area contributed by atoms with Crippen LogP contribution in [0.5, 0.6) is 0 Å². The standard InChI is InChI=1S/C7H11NO4/c1-2-5-3-8(4-6(9)10)7(11)12-5/h5H,2-4H2,1H3,(H,9,10). The molecule has 0 aromatic heterocycles. The Balaban J connectivity index is 2.46. The van der Waals surface area contributed by atoms with Crippen molar-refractivity contribution in [3.8, 4) is 0 Å². The molecule has 1 N–H and O–H groups in total. The van der Waals surface area contributed by atoms with Crippen molar-refractivity contribution in [3.05, 3.63) is 0 Å². The van der Waals surface area contributed by atoms with Crippen LogP contribution >= 0.6 is 0 Å². The summed E-state index contributed by atoms with van der Waals surface area (Å²) in [6.07, 6.45) is 0.0584. The molecule has 1 unspecified atom stereocenters. The molecular weight excluding hydrogens is 162 g/mol. The van der Waals surface area contributed by atoms with Crippen molar-refractivity contribution in [1.82, 2.24) is 4.90 Å². The van der Waals surface area contributed by atoms with Crippen LogP contribution in [0.1, 0.15) is 13.3 Å². The Bertz CT molecular complexity index is 204. The highest BCUT2D eigenvalue weighted by molar-refractivity contribution is 5.77. The van der Waals surface area contributed by atoms with Crippen LogP contribution in [0.15, 0.2) is 0 Å². The zero-order valence-electron chi connectivity index (χ0n) is 6.82. The topological polar surface area (TPSA) is 66.8 Å². The number of ether oxygens (including phenoxy) is 1. The van der Waals surface area contributed by atoms with E-state index in [9.17, 15) is 9.59 Å². The second-order valence-electron chi connectivity index (χ2n) is 2.69. The van der Waals surface area contributed by atoms with Crippen LogP contribution in [0.4, 0.5) is 4.79 Å². The Labute approximate surface area is 69.9 Å². The van der Waals surface area contributed by atoms with Crippen LogP contribution in [0, 0.1) is 0 Å². The summed E-state index contributed by atoms with van der Waals surface area (Å²) in [5.74, 6) is -1.01. The molecule has 1 rings (SSSR count). The molecule has 0 spiro atoms. The van der Waals surface area contributed by atoms with E-state index in [4.69, 9.17) is 9.84 Å². The maximum atomic E-state index is 10.9. The summed E-state index contributed by atoms with van der Waals surface area (Å²) < 4.78 is 4.85. The number of carboxylic acid groups (broad SMARTS) is 1. The van der Waals surface area contributed by atoms with Gasteiger partial charge in [0, 0.05) is 0 Å². The number of nitrogens with zero attached hydrogens (tertiary/aromatic N) is 1. The van der Waals surface area contributed by atoms with E-state index in [0.717, 1.165) is 6.42 Å². The first kappa shape index (κ1) is 8.83. The molecule has 1 heterocycles. The normalized spacial score (nSPS) is 22.6. The summed E-state index contributed by atoms with van der Waals surface area (Å²) in [6.45, 7) is 2.01. The van der Waals surface area contributed by atoms with Gasteiger partial charge in [0.25, 0.3) is 0 Å². The third-order valence-corrected chi connectivity index (χ3v) is 1.73. The van der Waals surface area contributed by atoms with E-state index < -0.39 is 12.1 Å². The predicted octanol–water partition coefficient (Wildman–Crippen LogP) is 0.302. The first-order chi connectivity index (χ1) is 5.63. The Morgan fingerprint density at radius 3 is 2.92 bits per heavy atom. The van der Waals surface area contributed by atoms with Crippen LogP contribution < -0.4 is 0 Å². The van der Waals surface area contributed by atoms with Gasteiger partial charge in [-0.1, -0.05) is 6.92 Å². The Hall–Kier alpha value is -1.26. The van der Waals surface area contributed by atoms with E-state index in [1.165, 1.54) is 4.90 Å². The van der Waals surface area contributed by atoms with Crippen LogP contribution in [0.3, 0.4) is 0 Å². The molecule has 1 saturated heterocycles. The molecule has 0 bridgehead atoms. The third-order valence-electron chi connectivity index (χ3n) is 1.73. The number of hydrogen-bond acceptors (Lipinski definition) is 3. The van der Waals surface area contributed by atoms with Gasteiger partial charge in [-0.2, -0.15) is 0 Å². The molecule has 5 nitrogen and oxygen atoms in total. The fraction of sp³-hybridized carbons (Fsp3) is 0.714. The molecule has 12 heavy (non-hydrogen) atoms. The minimum Gasteiger partial charge on any atom is -0.480 e. The second kappa shape index (κ2) is 3.42. The summed E-state index contributed by atoms with van der Waals surface area (Å²) >= 11 is 0. The Morgan fingerprint density at radius 2 is 2.50 bits per heavy atom.